The third-order valence-corrected chi connectivity index (χ3v) is 3.81. The quantitative estimate of drug-likeness (QED) is 0.473. The average molecular weight is 360 g/mol. The maximum atomic E-state index is 11.9. The summed E-state index contributed by atoms with van der Waals surface area (Å²) in [7, 11) is 1.75. The number of hydrogen-bond acceptors (Lipinski definition) is 5. The van der Waals surface area contributed by atoms with Gasteiger partial charge < -0.3 is 0 Å². The monoisotopic (exact) mass is 360 g/mol. The van der Waals surface area contributed by atoms with Crippen LogP contribution in [0.4, 0.5) is 0 Å². The molecule has 0 fully saturated rings. The second kappa shape index (κ2) is 5.58. The van der Waals surface area contributed by atoms with Gasteiger partial charge in [-0.15, -0.1) is 5.10 Å². The molecule has 0 amide bonds. The fourth-order valence-electron chi connectivity index (χ4n) is 1.19. The number of thioether (sulfide) groups is 1. The third kappa shape index (κ3) is 3.25. The minimum Gasteiger partial charge on any atom is -0.293 e. The summed E-state index contributed by atoms with van der Waals surface area (Å²) >= 11 is 3.54. The number of rotatable bonds is 4. The van der Waals surface area contributed by atoms with Crippen LogP contribution in [0.5, 0.6) is 0 Å². The van der Waals surface area contributed by atoms with E-state index in [1.807, 2.05) is 24.3 Å². The van der Waals surface area contributed by atoms with Crippen LogP contribution in [0.1, 0.15) is 10.4 Å². The zero-order valence-corrected chi connectivity index (χ0v) is 12.0. The first-order valence-corrected chi connectivity index (χ1v) is 6.87. The molecule has 0 saturated carbocycles. The number of aryl methyl sites for hydroxylation is 1. The van der Waals surface area contributed by atoms with Crippen LogP contribution < -0.4 is 0 Å². The molecule has 0 unspecified atom stereocenters. The van der Waals surface area contributed by atoms with Crippen molar-refractivity contribution in [2.24, 2.45) is 7.05 Å². The van der Waals surface area contributed by atoms with Gasteiger partial charge in [0.1, 0.15) is 0 Å². The lowest BCUT2D eigenvalue weighted by molar-refractivity contribution is 0.102. The SMILES string of the molecule is Cn1nnnc1SCC(=O)c1ccc(I)cc1. The molecule has 7 heteroatoms. The number of carbonyl (C=O) groups excluding carboxylic acids is 1. The van der Waals surface area contributed by atoms with Crippen molar-refractivity contribution in [2.75, 3.05) is 5.75 Å². The van der Waals surface area contributed by atoms with E-state index in [9.17, 15) is 4.79 Å². The van der Waals surface area contributed by atoms with E-state index in [1.54, 1.807) is 11.7 Å². The van der Waals surface area contributed by atoms with Crippen LogP contribution >= 0.6 is 34.4 Å². The lowest BCUT2D eigenvalue weighted by Gasteiger charge is -2.00. The second-order valence-electron chi connectivity index (χ2n) is 3.30. The average Bonchev–Trinajstić information content (AvgIpc) is 2.73. The van der Waals surface area contributed by atoms with Gasteiger partial charge in [-0.1, -0.05) is 23.9 Å². The van der Waals surface area contributed by atoms with Gasteiger partial charge in [-0.05, 0) is 45.2 Å². The maximum Gasteiger partial charge on any atom is 0.209 e. The van der Waals surface area contributed by atoms with Gasteiger partial charge in [0.2, 0.25) is 5.16 Å². The molecule has 0 aliphatic heterocycles. The molecule has 0 aliphatic rings. The Kier molecular flexibility index (Phi) is 4.11. The molecule has 0 aliphatic carbocycles. The molecule has 0 bridgehead atoms. The van der Waals surface area contributed by atoms with Crippen molar-refractivity contribution in [3.8, 4) is 0 Å². The van der Waals surface area contributed by atoms with Crippen LogP contribution in [0.2, 0.25) is 0 Å². The van der Waals surface area contributed by atoms with E-state index in [1.165, 1.54) is 11.8 Å². The molecular formula is C10H9IN4OS. The van der Waals surface area contributed by atoms with Crippen LogP contribution in [-0.4, -0.2) is 31.7 Å². The highest BCUT2D eigenvalue weighted by Crippen LogP contribution is 2.15. The summed E-state index contributed by atoms with van der Waals surface area (Å²) in [6.07, 6.45) is 0. The van der Waals surface area contributed by atoms with E-state index in [-0.39, 0.29) is 5.78 Å². The molecule has 88 valence electrons. The number of halogens is 1. The smallest absolute Gasteiger partial charge is 0.209 e. The Hall–Kier alpha value is -0.960. The van der Waals surface area contributed by atoms with Crippen LogP contribution in [0.3, 0.4) is 0 Å². The Labute approximate surface area is 116 Å². The molecule has 0 N–H and O–H groups in total. The third-order valence-electron chi connectivity index (χ3n) is 2.08. The zero-order valence-electron chi connectivity index (χ0n) is 9.00. The Morgan fingerprint density at radius 3 is 2.71 bits per heavy atom. The van der Waals surface area contributed by atoms with Gasteiger partial charge >= 0.3 is 0 Å². The molecule has 1 heterocycles. The molecule has 0 radical (unpaired) electrons. The lowest BCUT2D eigenvalue weighted by Crippen LogP contribution is -2.03. The van der Waals surface area contributed by atoms with Crippen molar-refractivity contribution in [1.29, 1.82) is 0 Å². The number of nitrogens with zero attached hydrogens (tertiary/aromatic N) is 4. The first-order valence-electron chi connectivity index (χ1n) is 4.81. The molecule has 0 atom stereocenters. The molecule has 1 aromatic carbocycles. The van der Waals surface area contributed by atoms with Gasteiger partial charge in [0, 0.05) is 16.2 Å². The zero-order chi connectivity index (χ0) is 12.3. The molecule has 2 aromatic rings. The summed E-state index contributed by atoms with van der Waals surface area (Å²) in [6.45, 7) is 0. The summed E-state index contributed by atoms with van der Waals surface area (Å²) in [5.74, 6) is 0.420. The van der Waals surface area contributed by atoms with Gasteiger partial charge in [0.05, 0.1) is 5.75 Å². The highest BCUT2D eigenvalue weighted by Gasteiger charge is 2.09. The van der Waals surface area contributed by atoms with E-state index < -0.39 is 0 Å². The number of tetrazole rings is 1. The highest BCUT2D eigenvalue weighted by molar-refractivity contribution is 14.1. The van der Waals surface area contributed by atoms with Gasteiger partial charge in [-0.25, -0.2) is 4.68 Å². The molecular weight excluding hydrogens is 351 g/mol. The summed E-state index contributed by atoms with van der Waals surface area (Å²) in [5.41, 5.74) is 0.716. The normalized spacial score (nSPS) is 10.5. The van der Waals surface area contributed by atoms with Crippen molar-refractivity contribution in [3.05, 3.63) is 33.4 Å². The van der Waals surface area contributed by atoms with E-state index in [0.29, 0.717) is 16.5 Å². The van der Waals surface area contributed by atoms with Crippen molar-refractivity contribution in [3.63, 3.8) is 0 Å². The van der Waals surface area contributed by atoms with Gasteiger partial charge in [0.15, 0.2) is 5.78 Å². The summed E-state index contributed by atoms with van der Waals surface area (Å²) in [4.78, 5) is 11.9. The molecule has 2 rings (SSSR count). The van der Waals surface area contributed by atoms with Gasteiger partial charge in [0.25, 0.3) is 0 Å². The van der Waals surface area contributed by atoms with Crippen LogP contribution in [0, 0.1) is 3.57 Å². The Morgan fingerprint density at radius 2 is 2.12 bits per heavy atom. The van der Waals surface area contributed by atoms with Crippen LogP contribution in [0.15, 0.2) is 29.4 Å². The summed E-state index contributed by atoms with van der Waals surface area (Å²) in [6, 6.07) is 7.50. The Bertz CT molecular complexity index is 525. The van der Waals surface area contributed by atoms with Crippen molar-refractivity contribution >= 4 is 40.1 Å². The highest BCUT2D eigenvalue weighted by atomic mass is 127. The number of Topliss-reactive ketones (excluding diaryl/α,β-unsaturated/α-hetero) is 1. The summed E-state index contributed by atoms with van der Waals surface area (Å²) < 4.78 is 2.66. The fourth-order valence-corrected chi connectivity index (χ4v) is 2.30. The van der Waals surface area contributed by atoms with Crippen LogP contribution in [0.25, 0.3) is 0 Å². The molecule has 1 aromatic heterocycles. The molecule has 17 heavy (non-hydrogen) atoms. The van der Waals surface area contributed by atoms with Gasteiger partial charge in [-0.3, -0.25) is 4.79 Å². The lowest BCUT2D eigenvalue weighted by atomic mass is 10.2. The molecule has 0 saturated heterocycles. The van der Waals surface area contributed by atoms with E-state index in [0.717, 1.165) is 3.57 Å². The first-order chi connectivity index (χ1) is 8.16. The van der Waals surface area contributed by atoms with Crippen molar-refractivity contribution in [1.82, 2.24) is 20.2 Å². The Balaban J connectivity index is 1.98. The minimum atomic E-state index is 0.0781. The van der Waals surface area contributed by atoms with Crippen molar-refractivity contribution < 1.29 is 4.79 Å². The summed E-state index contributed by atoms with van der Waals surface area (Å²) in [5, 5.41) is 11.7. The second-order valence-corrected chi connectivity index (χ2v) is 5.49. The van der Waals surface area contributed by atoms with E-state index >= 15 is 0 Å². The number of aromatic nitrogens is 4. The number of hydrogen-bond donors (Lipinski definition) is 0. The number of carbonyl (C=O) groups is 1. The first kappa shape index (κ1) is 12.5. The number of ketones is 1. The number of benzene rings is 1. The van der Waals surface area contributed by atoms with Crippen LogP contribution in [-0.2, 0) is 7.05 Å². The molecule has 0 spiro atoms. The standard InChI is InChI=1S/C10H9IN4OS/c1-15-10(12-13-14-15)17-6-9(16)7-2-4-8(11)5-3-7/h2-5H,6H2,1H3. The largest absolute Gasteiger partial charge is 0.293 e. The molecule has 5 nitrogen and oxygen atoms in total. The van der Waals surface area contributed by atoms with E-state index in [2.05, 4.69) is 38.1 Å². The van der Waals surface area contributed by atoms with Gasteiger partial charge in [-0.2, -0.15) is 0 Å². The fraction of sp³-hybridized carbons (Fsp3) is 0.200. The van der Waals surface area contributed by atoms with E-state index in [4.69, 9.17) is 0 Å². The Morgan fingerprint density at radius 1 is 1.41 bits per heavy atom. The minimum absolute atomic E-state index is 0.0781. The predicted molar refractivity (Wildman–Crippen MR) is 73.0 cm³/mol. The predicted octanol–water partition coefficient (Wildman–Crippen LogP) is 1.79. The maximum absolute atomic E-state index is 11.9. The topological polar surface area (TPSA) is 60.7 Å². The van der Waals surface area contributed by atoms with Crippen molar-refractivity contribution in [2.45, 2.75) is 5.16 Å².